The minimum atomic E-state index is 0.619. The Balaban J connectivity index is 3.15. The van der Waals surface area contributed by atoms with E-state index in [1.165, 1.54) is 22.3 Å². The van der Waals surface area contributed by atoms with E-state index in [9.17, 15) is 0 Å². The van der Waals surface area contributed by atoms with Gasteiger partial charge in [-0.15, -0.1) is 0 Å². The van der Waals surface area contributed by atoms with Crippen LogP contribution >= 0.6 is 12.6 Å². The van der Waals surface area contributed by atoms with E-state index in [1.54, 1.807) is 7.11 Å². The Kier molecular flexibility index (Phi) is 4.72. The number of aryl methyl sites for hydroxylation is 1. The van der Waals surface area contributed by atoms with Gasteiger partial charge >= 0.3 is 0 Å². The van der Waals surface area contributed by atoms with E-state index in [-0.39, 0.29) is 0 Å². The van der Waals surface area contributed by atoms with Crippen LogP contribution in [0.25, 0.3) is 0 Å². The summed E-state index contributed by atoms with van der Waals surface area (Å²) in [6.45, 7) is 8.72. The lowest BCUT2D eigenvalue weighted by Gasteiger charge is -2.18. The smallest absolute Gasteiger partial charge is 0.122 e. The number of hydrogen-bond acceptors (Lipinski definition) is 2. The Labute approximate surface area is 105 Å². The zero-order valence-electron chi connectivity index (χ0n) is 10.9. The molecule has 1 aromatic rings. The Bertz CT molecular complexity index is 371. The first-order chi connectivity index (χ1) is 7.51. The SMILES string of the molecule is COc1cc(C)c(CC(C)CS)c(C)c1C. The molecule has 1 rings (SSSR count). The maximum absolute atomic E-state index is 5.38. The second kappa shape index (κ2) is 5.62. The van der Waals surface area contributed by atoms with Gasteiger partial charge in [0.05, 0.1) is 7.11 Å². The molecule has 0 aliphatic rings. The van der Waals surface area contributed by atoms with E-state index in [0.717, 1.165) is 17.9 Å². The van der Waals surface area contributed by atoms with Crippen LogP contribution in [-0.2, 0) is 6.42 Å². The summed E-state index contributed by atoms with van der Waals surface area (Å²) in [5, 5.41) is 0. The van der Waals surface area contributed by atoms with Crippen LogP contribution in [0.4, 0.5) is 0 Å². The van der Waals surface area contributed by atoms with Gasteiger partial charge in [0.15, 0.2) is 0 Å². The Morgan fingerprint density at radius 3 is 2.38 bits per heavy atom. The van der Waals surface area contributed by atoms with Crippen LogP contribution in [0.2, 0.25) is 0 Å². The van der Waals surface area contributed by atoms with Crippen molar-refractivity contribution < 1.29 is 4.74 Å². The minimum Gasteiger partial charge on any atom is -0.496 e. The zero-order chi connectivity index (χ0) is 12.3. The highest BCUT2D eigenvalue weighted by atomic mass is 32.1. The van der Waals surface area contributed by atoms with Crippen molar-refractivity contribution in [2.24, 2.45) is 5.92 Å². The lowest BCUT2D eigenvalue weighted by atomic mass is 9.91. The normalized spacial score (nSPS) is 12.6. The van der Waals surface area contributed by atoms with Crippen LogP contribution in [-0.4, -0.2) is 12.9 Å². The van der Waals surface area contributed by atoms with E-state index in [2.05, 4.69) is 46.4 Å². The molecule has 0 aromatic heterocycles. The Morgan fingerprint density at radius 2 is 1.88 bits per heavy atom. The molecule has 16 heavy (non-hydrogen) atoms. The average molecular weight is 238 g/mol. The van der Waals surface area contributed by atoms with E-state index in [1.807, 2.05) is 0 Å². The summed E-state index contributed by atoms with van der Waals surface area (Å²) >= 11 is 4.35. The van der Waals surface area contributed by atoms with Gasteiger partial charge in [-0.1, -0.05) is 6.92 Å². The molecule has 1 atom stereocenters. The molecule has 1 unspecified atom stereocenters. The Morgan fingerprint density at radius 1 is 1.25 bits per heavy atom. The molecule has 1 aromatic carbocycles. The van der Waals surface area contributed by atoms with Gasteiger partial charge in [-0.2, -0.15) is 12.6 Å². The summed E-state index contributed by atoms with van der Waals surface area (Å²) in [6, 6.07) is 2.14. The summed E-state index contributed by atoms with van der Waals surface area (Å²) in [5.41, 5.74) is 5.41. The summed E-state index contributed by atoms with van der Waals surface area (Å²) in [6.07, 6.45) is 1.10. The van der Waals surface area contributed by atoms with Crippen LogP contribution in [0.3, 0.4) is 0 Å². The Hall–Kier alpha value is -0.630. The van der Waals surface area contributed by atoms with Crippen molar-refractivity contribution in [1.29, 1.82) is 0 Å². The maximum Gasteiger partial charge on any atom is 0.122 e. The molecular formula is C14H22OS. The lowest BCUT2D eigenvalue weighted by molar-refractivity contribution is 0.410. The van der Waals surface area contributed by atoms with Crippen molar-refractivity contribution in [2.45, 2.75) is 34.1 Å². The van der Waals surface area contributed by atoms with E-state index < -0.39 is 0 Å². The topological polar surface area (TPSA) is 9.23 Å². The fraction of sp³-hybridized carbons (Fsp3) is 0.571. The van der Waals surface area contributed by atoms with Crippen molar-refractivity contribution in [2.75, 3.05) is 12.9 Å². The summed E-state index contributed by atoms with van der Waals surface area (Å²) in [7, 11) is 1.73. The third kappa shape index (κ3) is 2.73. The van der Waals surface area contributed by atoms with Gasteiger partial charge in [0.25, 0.3) is 0 Å². The number of methoxy groups -OCH3 is 1. The first kappa shape index (κ1) is 13.4. The quantitative estimate of drug-likeness (QED) is 0.786. The van der Waals surface area contributed by atoms with E-state index in [0.29, 0.717) is 5.92 Å². The van der Waals surface area contributed by atoms with Crippen LogP contribution in [0.1, 0.15) is 29.2 Å². The molecule has 0 heterocycles. The second-order valence-electron chi connectivity index (χ2n) is 4.62. The van der Waals surface area contributed by atoms with Gasteiger partial charge in [0, 0.05) is 0 Å². The largest absolute Gasteiger partial charge is 0.496 e. The summed E-state index contributed by atoms with van der Waals surface area (Å²) in [5.74, 6) is 2.55. The number of hydrogen-bond donors (Lipinski definition) is 1. The van der Waals surface area contributed by atoms with Crippen molar-refractivity contribution >= 4 is 12.6 Å². The fourth-order valence-corrected chi connectivity index (χ4v) is 2.17. The highest BCUT2D eigenvalue weighted by Gasteiger charge is 2.12. The van der Waals surface area contributed by atoms with Gasteiger partial charge in [0.2, 0.25) is 0 Å². The summed E-state index contributed by atoms with van der Waals surface area (Å²) in [4.78, 5) is 0. The number of benzene rings is 1. The number of ether oxygens (including phenoxy) is 1. The third-order valence-electron chi connectivity index (χ3n) is 3.29. The van der Waals surface area contributed by atoms with Crippen LogP contribution in [0, 0.1) is 26.7 Å². The maximum atomic E-state index is 5.38. The van der Waals surface area contributed by atoms with Crippen LogP contribution in [0.15, 0.2) is 6.07 Å². The van der Waals surface area contributed by atoms with Crippen LogP contribution < -0.4 is 4.74 Å². The number of thiol groups is 1. The third-order valence-corrected chi connectivity index (χ3v) is 3.92. The molecule has 2 heteroatoms. The molecule has 0 saturated heterocycles. The van der Waals surface area contributed by atoms with Gasteiger partial charge in [-0.25, -0.2) is 0 Å². The van der Waals surface area contributed by atoms with Crippen LogP contribution in [0.5, 0.6) is 5.75 Å². The highest BCUT2D eigenvalue weighted by Crippen LogP contribution is 2.29. The number of rotatable bonds is 4. The second-order valence-corrected chi connectivity index (χ2v) is 4.98. The molecule has 0 amide bonds. The molecule has 0 spiro atoms. The highest BCUT2D eigenvalue weighted by molar-refractivity contribution is 7.80. The molecule has 0 N–H and O–H groups in total. The molecule has 0 radical (unpaired) electrons. The molecule has 0 aliphatic heterocycles. The van der Waals surface area contributed by atoms with E-state index in [4.69, 9.17) is 4.74 Å². The molecule has 90 valence electrons. The lowest BCUT2D eigenvalue weighted by Crippen LogP contribution is -2.06. The van der Waals surface area contributed by atoms with Gasteiger partial charge in [-0.05, 0) is 67.2 Å². The van der Waals surface area contributed by atoms with Crippen molar-refractivity contribution in [3.8, 4) is 5.75 Å². The minimum absolute atomic E-state index is 0.619. The van der Waals surface area contributed by atoms with Gasteiger partial charge < -0.3 is 4.74 Å². The monoisotopic (exact) mass is 238 g/mol. The predicted octanol–water partition coefficient (Wildman–Crippen LogP) is 3.73. The van der Waals surface area contributed by atoms with Crippen molar-refractivity contribution in [3.05, 3.63) is 28.3 Å². The van der Waals surface area contributed by atoms with Gasteiger partial charge in [-0.3, -0.25) is 0 Å². The molecule has 0 aliphatic carbocycles. The fourth-order valence-electron chi connectivity index (χ4n) is 2.04. The standard InChI is InChI=1S/C14H22OS/c1-9(8-16)6-13-10(2)7-14(15-5)12(4)11(13)3/h7,9,16H,6,8H2,1-5H3. The summed E-state index contributed by atoms with van der Waals surface area (Å²) < 4.78 is 5.38. The van der Waals surface area contributed by atoms with Gasteiger partial charge in [0.1, 0.15) is 5.75 Å². The van der Waals surface area contributed by atoms with Crippen molar-refractivity contribution in [3.63, 3.8) is 0 Å². The average Bonchev–Trinajstić information content (AvgIpc) is 2.28. The first-order valence-electron chi connectivity index (χ1n) is 5.75. The molecule has 1 nitrogen and oxygen atoms in total. The molecule has 0 saturated carbocycles. The molecule has 0 bridgehead atoms. The molecular weight excluding hydrogens is 216 g/mol. The molecule has 0 fully saturated rings. The van der Waals surface area contributed by atoms with E-state index >= 15 is 0 Å². The predicted molar refractivity (Wildman–Crippen MR) is 73.9 cm³/mol. The first-order valence-corrected chi connectivity index (χ1v) is 6.39. The zero-order valence-corrected chi connectivity index (χ0v) is 11.8. The van der Waals surface area contributed by atoms with Crippen molar-refractivity contribution in [1.82, 2.24) is 0 Å².